The van der Waals surface area contributed by atoms with Gasteiger partial charge < -0.3 is 9.80 Å². The van der Waals surface area contributed by atoms with E-state index in [-0.39, 0.29) is 5.41 Å². The molecule has 0 radical (unpaired) electrons. The lowest BCUT2D eigenvalue weighted by Crippen LogP contribution is -2.17. The van der Waals surface area contributed by atoms with Gasteiger partial charge in [0.05, 0.1) is 0 Å². The van der Waals surface area contributed by atoms with Gasteiger partial charge in [-0.15, -0.1) is 0 Å². The number of nitrogens with zero attached hydrogens (tertiary/aromatic N) is 2. The number of rotatable bonds is 6. The monoisotopic (exact) mass is 784 g/mol. The number of hydrogen-bond acceptors (Lipinski definition) is 2. The van der Waals surface area contributed by atoms with Gasteiger partial charge in [0.2, 0.25) is 0 Å². The molecule has 0 aromatic heterocycles. The molecule has 51 heavy (non-hydrogen) atoms. The van der Waals surface area contributed by atoms with Crippen LogP contribution in [0.1, 0.15) is 25.0 Å². The van der Waals surface area contributed by atoms with Gasteiger partial charge in [-0.1, -0.05) is 119 Å². The van der Waals surface area contributed by atoms with Crippen molar-refractivity contribution in [2.24, 2.45) is 0 Å². The highest BCUT2D eigenvalue weighted by molar-refractivity contribution is 9.10. The van der Waals surface area contributed by atoms with E-state index in [9.17, 15) is 0 Å². The van der Waals surface area contributed by atoms with E-state index >= 15 is 0 Å². The van der Waals surface area contributed by atoms with Gasteiger partial charge in [-0.2, -0.15) is 0 Å². The van der Waals surface area contributed by atoms with Gasteiger partial charge in [-0.3, -0.25) is 0 Å². The molecule has 0 saturated carbocycles. The van der Waals surface area contributed by atoms with E-state index in [1.807, 2.05) is 0 Å². The summed E-state index contributed by atoms with van der Waals surface area (Å²) in [7, 11) is 0. The molecular formula is C47H34Br2N2. The summed E-state index contributed by atoms with van der Waals surface area (Å²) in [5.74, 6) is 0. The van der Waals surface area contributed by atoms with Crippen LogP contribution in [0.2, 0.25) is 0 Å². The van der Waals surface area contributed by atoms with Crippen molar-refractivity contribution in [3.05, 3.63) is 190 Å². The minimum absolute atomic E-state index is 0.216. The van der Waals surface area contributed by atoms with Crippen LogP contribution in [0.25, 0.3) is 32.7 Å². The van der Waals surface area contributed by atoms with Gasteiger partial charge in [-0.25, -0.2) is 0 Å². The minimum Gasteiger partial charge on any atom is -0.310 e. The zero-order valence-electron chi connectivity index (χ0n) is 28.3. The van der Waals surface area contributed by atoms with E-state index < -0.39 is 0 Å². The molecule has 0 heterocycles. The summed E-state index contributed by atoms with van der Waals surface area (Å²) in [6.45, 7) is 4.74. The highest BCUT2D eigenvalue weighted by Crippen LogP contribution is 2.52. The molecule has 8 aromatic carbocycles. The largest absolute Gasteiger partial charge is 0.310 e. The first-order valence-corrected chi connectivity index (χ1v) is 18.8. The third-order valence-electron chi connectivity index (χ3n) is 10.3. The zero-order valence-corrected chi connectivity index (χ0v) is 31.5. The van der Waals surface area contributed by atoms with Gasteiger partial charge in [0, 0.05) is 48.5 Å². The summed E-state index contributed by atoms with van der Waals surface area (Å²) in [5, 5.41) is 4.84. The molecule has 8 aromatic rings. The Kier molecular flexibility index (Phi) is 7.83. The third kappa shape index (κ3) is 5.64. The van der Waals surface area contributed by atoms with Crippen molar-refractivity contribution in [1.82, 2.24) is 0 Å². The molecule has 0 unspecified atom stereocenters. The lowest BCUT2D eigenvalue weighted by Gasteiger charge is -2.29. The molecule has 1 aliphatic carbocycles. The Morgan fingerprint density at radius 2 is 0.706 bits per heavy atom. The Hall–Kier alpha value is -5.16. The summed E-state index contributed by atoms with van der Waals surface area (Å²) < 4.78 is 2.17. The number of fused-ring (bicyclic) bond motifs is 5. The van der Waals surface area contributed by atoms with Crippen LogP contribution in [0, 0.1) is 0 Å². The molecule has 0 amide bonds. The quantitative estimate of drug-likeness (QED) is 0.166. The van der Waals surface area contributed by atoms with Gasteiger partial charge >= 0.3 is 0 Å². The molecule has 246 valence electrons. The molecule has 0 N–H and O–H groups in total. The first kappa shape index (κ1) is 31.8. The van der Waals surface area contributed by atoms with Crippen LogP contribution in [0.4, 0.5) is 34.1 Å². The van der Waals surface area contributed by atoms with E-state index in [0.717, 1.165) is 43.1 Å². The predicted molar refractivity (Wildman–Crippen MR) is 224 cm³/mol. The number of hydrogen-bond donors (Lipinski definition) is 0. The van der Waals surface area contributed by atoms with Crippen LogP contribution < -0.4 is 9.80 Å². The summed E-state index contributed by atoms with van der Waals surface area (Å²) >= 11 is 7.27. The van der Waals surface area contributed by atoms with Crippen LogP contribution in [0.5, 0.6) is 0 Å². The van der Waals surface area contributed by atoms with E-state index in [0.29, 0.717) is 0 Å². The molecule has 1 aliphatic rings. The molecule has 0 aliphatic heterocycles. The molecule has 0 bridgehead atoms. The SMILES string of the molecule is CC1(C)c2cc(N(c3ccccc3)c3ccc4cc(Br)ccc4c3)ccc2-c2ccc(N(c3ccccc3)c3ccc4cc(Br)ccc4c3)cc21. The van der Waals surface area contributed by atoms with Crippen molar-refractivity contribution in [2.45, 2.75) is 19.3 Å². The molecular weight excluding hydrogens is 752 g/mol. The van der Waals surface area contributed by atoms with Crippen LogP contribution in [0.15, 0.2) is 179 Å². The van der Waals surface area contributed by atoms with Crippen LogP contribution >= 0.6 is 31.9 Å². The fourth-order valence-corrected chi connectivity index (χ4v) is 8.48. The average molecular weight is 787 g/mol. The standard InChI is InChI=1S/C47H34Br2N2/c1-47(2)45-29-41(50(37-9-5-3-6-10-37)39-19-15-31-25-35(48)17-13-33(31)27-39)21-23-43(45)44-24-22-42(30-46(44)47)51(38-11-7-4-8-12-38)40-20-16-32-26-36(49)18-14-34(32)28-40/h3-30H,1-2H3. The van der Waals surface area contributed by atoms with E-state index in [2.05, 4.69) is 225 Å². The second kappa shape index (κ2) is 12.6. The molecule has 0 spiro atoms. The lowest BCUT2D eigenvalue weighted by molar-refractivity contribution is 0.660. The first-order chi connectivity index (χ1) is 24.8. The Labute approximate surface area is 315 Å². The van der Waals surface area contributed by atoms with Crippen molar-refractivity contribution >= 4 is 87.5 Å². The predicted octanol–water partition coefficient (Wildman–Crippen LogP) is 14.8. The number of anilines is 6. The van der Waals surface area contributed by atoms with Crippen molar-refractivity contribution in [3.63, 3.8) is 0 Å². The highest BCUT2D eigenvalue weighted by Gasteiger charge is 2.37. The topological polar surface area (TPSA) is 6.48 Å². The molecule has 0 atom stereocenters. The average Bonchev–Trinajstić information content (AvgIpc) is 3.38. The van der Waals surface area contributed by atoms with Crippen molar-refractivity contribution in [1.29, 1.82) is 0 Å². The zero-order chi connectivity index (χ0) is 34.7. The van der Waals surface area contributed by atoms with Crippen molar-refractivity contribution in [2.75, 3.05) is 9.80 Å². The van der Waals surface area contributed by atoms with Crippen LogP contribution in [-0.2, 0) is 5.41 Å². The normalized spacial score (nSPS) is 12.9. The Morgan fingerprint density at radius 1 is 0.353 bits per heavy atom. The van der Waals surface area contributed by atoms with E-state index in [4.69, 9.17) is 0 Å². The highest BCUT2D eigenvalue weighted by atomic mass is 79.9. The van der Waals surface area contributed by atoms with Gasteiger partial charge in [-0.05, 0) is 141 Å². The van der Waals surface area contributed by atoms with Crippen molar-refractivity contribution in [3.8, 4) is 11.1 Å². The second-order valence-corrected chi connectivity index (χ2v) is 15.6. The summed E-state index contributed by atoms with van der Waals surface area (Å²) in [5.41, 5.74) is 11.9. The van der Waals surface area contributed by atoms with Crippen LogP contribution in [-0.4, -0.2) is 0 Å². The number of para-hydroxylation sites is 2. The molecule has 4 heteroatoms. The number of halogens is 2. The van der Waals surface area contributed by atoms with Crippen molar-refractivity contribution < 1.29 is 0 Å². The summed E-state index contributed by atoms with van der Waals surface area (Å²) in [6.07, 6.45) is 0. The van der Waals surface area contributed by atoms with Crippen LogP contribution in [0.3, 0.4) is 0 Å². The Morgan fingerprint density at radius 3 is 1.14 bits per heavy atom. The van der Waals surface area contributed by atoms with E-state index in [1.165, 1.54) is 43.8 Å². The van der Waals surface area contributed by atoms with Gasteiger partial charge in [0.1, 0.15) is 0 Å². The van der Waals surface area contributed by atoms with Gasteiger partial charge in [0.15, 0.2) is 0 Å². The molecule has 2 nitrogen and oxygen atoms in total. The number of benzene rings is 8. The fraction of sp³-hybridized carbons (Fsp3) is 0.0638. The summed E-state index contributed by atoms with van der Waals surface area (Å²) in [6, 6.07) is 61.8. The van der Waals surface area contributed by atoms with E-state index in [1.54, 1.807) is 0 Å². The molecule has 9 rings (SSSR count). The third-order valence-corrected chi connectivity index (χ3v) is 11.3. The maximum atomic E-state index is 3.64. The first-order valence-electron chi connectivity index (χ1n) is 17.2. The smallest absolute Gasteiger partial charge is 0.0468 e. The molecule has 0 saturated heterocycles. The Bertz CT molecular complexity index is 2420. The minimum atomic E-state index is -0.216. The lowest BCUT2D eigenvalue weighted by atomic mass is 9.82. The maximum Gasteiger partial charge on any atom is 0.0468 e. The fourth-order valence-electron chi connectivity index (χ4n) is 7.73. The summed E-state index contributed by atoms with van der Waals surface area (Å²) in [4.78, 5) is 4.75. The maximum absolute atomic E-state index is 3.64. The Balaban J connectivity index is 1.15. The molecule has 0 fully saturated rings. The second-order valence-electron chi connectivity index (χ2n) is 13.8. The van der Waals surface area contributed by atoms with Gasteiger partial charge in [0.25, 0.3) is 0 Å².